The molecule has 1 atom stereocenters. The normalized spacial score (nSPS) is 14.9. The Bertz CT molecular complexity index is 1090. The van der Waals surface area contributed by atoms with E-state index in [1.165, 1.54) is 17.2 Å². The van der Waals surface area contributed by atoms with E-state index in [0.29, 0.717) is 0 Å². The number of likely N-dealkylation sites (tertiary alicyclic amines) is 1. The molecule has 1 aromatic carbocycles. The number of benzene rings is 1. The van der Waals surface area contributed by atoms with E-state index in [-0.39, 0.29) is 37.8 Å². The first-order chi connectivity index (χ1) is 16.6. The molecule has 188 valence electrons. The van der Waals surface area contributed by atoms with Crippen LogP contribution >= 0.6 is 0 Å². The summed E-state index contributed by atoms with van der Waals surface area (Å²) in [5.74, 6) is -13.0. The van der Waals surface area contributed by atoms with Gasteiger partial charge in [0.1, 0.15) is 12.6 Å². The number of carbonyl (C=O) groups excluding carboxylic acids is 3. The van der Waals surface area contributed by atoms with E-state index in [1.807, 2.05) is 0 Å². The first-order valence-electron chi connectivity index (χ1n) is 10.3. The maximum absolute atomic E-state index is 13.7. The van der Waals surface area contributed by atoms with E-state index in [0.717, 1.165) is 0 Å². The van der Waals surface area contributed by atoms with Crippen molar-refractivity contribution in [3.63, 3.8) is 0 Å². The molecular formula is C21H19F4N3O7. The van der Waals surface area contributed by atoms with E-state index >= 15 is 0 Å². The second-order valence-corrected chi connectivity index (χ2v) is 7.65. The van der Waals surface area contributed by atoms with Gasteiger partial charge in [-0.3, -0.25) is 19.2 Å². The average molecular weight is 501 g/mol. The lowest BCUT2D eigenvalue weighted by atomic mass is 9.95. The molecule has 2 aromatic rings. The zero-order valence-electron chi connectivity index (χ0n) is 17.9. The fourth-order valence-corrected chi connectivity index (χ4v) is 3.46. The first-order valence-corrected chi connectivity index (χ1v) is 10.3. The summed E-state index contributed by atoms with van der Waals surface area (Å²) in [6.45, 7) is -0.803. The minimum Gasteiger partial charge on any atom is -0.481 e. The van der Waals surface area contributed by atoms with Gasteiger partial charge >= 0.3 is 5.97 Å². The number of ketones is 1. The van der Waals surface area contributed by atoms with Crippen LogP contribution in [0, 0.1) is 29.2 Å². The van der Waals surface area contributed by atoms with E-state index in [2.05, 4.69) is 15.2 Å². The summed E-state index contributed by atoms with van der Waals surface area (Å²) in [6, 6.07) is -0.295. The molecule has 0 bridgehead atoms. The standard InChI is InChI=1S/C21H19F4N3O7/c22-11-7-12(23)18(25)19(17(11)24)34-9-14(29)13(8-16(30)31)27-20(32)10-2-5-28(6-3-10)21(33)15-1-4-26-35-15/h1,4,7,10,13H,2-3,5-6,8-9H2,(H,27,32)(H,30,31)/t13-/m0/s1. The van der Waals surface area contributed by atoms with Crippen LogP contribution in [0.25, 0.3) is 0 Å². The largest absolute Gasteiger partial charge is 0.481 e. The third kappa shape index (κ3) is 6.13. The number of carboxylic acids is 1. The lowest BCUT2D eigenvalue weighted by Gasteiger charge is -2.31. The number of carboxylic acid groups (broad SMARTS) is 1. The van der Waals surface area contributed by atoms with Crippen molar-refractivity contribution in [1.82, 2.24) is 15.4 Å². The third-order valence-corrected chi connectivity index (χ3v) is 5.32. The maximum atomic E-state index is 13.7. The molecule has 1 fully saturated rings. The van der Waals surface area contributed by atoms with Crippen molar-refractivity contribution in [2.45, 2.75) is 25.3 Å². The number of carbonyl (C=O) groups is 4. The SMILES string of the molecule is O=C(O)C[C@H](NC(=O)C1CCN(C(=O)c2ccno2)CC1)C(=O)COc1c(F)c(F)cc(F)c1F. The van der Waals surface area contributed by atoms with Crippen LogP contribution in [-0.2, 0) is 14.4 Å². The molecule has 1 aliphatic heterocycles. The molecule has 0 radical (unpaired) electrons. The second kappa shape index (κ2) is 11.0. The number of aliphatic carboxylic acids is 1. The van der Waals surface area contributed by atoms with Crippen LogP contribution in [0.5, 0.6) is 5.75 Å². The van der Waals surface area contributed by atoms with Gasteiger partial charge in [0, 0.05) is 31.1 Å². The van der Waals surface area contributed by atoms with E-state index < -0.39 is 77.6 Å². The minimum absolute atomic E-state index is 0.0334. The van der Waals surface area contributed by atoms with Crippen LogP contribution < -0.4 is 10.1 Å². The molecule has 0 spiro atoms. The molecule has 0 aliphatic carbocycles. The number of piperidine rings is 1. The van der Waals surface area contributed by atoms with E-state index in [1.54, 1.807) is 0 Å². The summed E-state index contributed by atoms with van der Waals surface area (Å²) in [5.41, 5.74) is 0. The molecule has 2 amide bonds. The van der Waals surface area contributed by atoms with Gasteiger partial charge in [-0.2, -0.15) is 8.78 Å². The fraction of sp³-hybridized carbons (Fsp3) is 0.381. The highest BCUT2D eigenvalue weighted by Crippen LogP contribution is 2.26. The molecule has 2 heterocycles. The Morgan fingerprint density at radius 3 is 2.31 bits per heavy atom. The Hall–Kier alpha value is -3.97. The fourth-order valence-electron chi connectivity index (χ4n) is 3.46. The molecule has 0 saturated carbocycles. The van der Waals surface area contributed by atoms with Crippen molar-refractivity contribution in [3.05, 3.63) is 47.4 Å². The third-order valence-electron chi connectivity index (χ3n) is 5.32. The van der Waals surface area contributed by atoms with Crippen LogP contribution in [0.4, 0.5) is 17.6 Å². The summed E-state index contributed by atoms with van der Waals surface area (Å²) in [6.07, 6.45) is 0.841. The average Bonchev–Trinajstić information content (AvgIpc) is 3.36. The van der Waals surface area contributed by atoms with Crippen LogP contribution in [0.1, 0.15) is 29.8 Å². The molecule has 2 N–H and O–H groups in total. The highest BCUT2D eigenvalue weighted by molar-refractivity contribution is 5.94. The van der Waals surface area contributed by atoms with E-state index in [9.17, 15) is 36.7 Å². The number of Topliss-reactive ketones (excluding diaryl/α,β-unsaturated/α-hetero) is 1. The number of halogens is 4. The Labute approximate surface area is 194 Å². The van der Waals surface area contributed by atoms with Crippen molar-refractivity contribution < 1.29 is 51.1 Å². The summed E-state index contributed by atoms with van der Waals surface area (Å²) >= 11 is 0. The molecular weight excluding hydrogens is 482 g/mol. The lowest BCUT2D eigenvalue weighted by molar-refractivity contribution is -0.141. The molecule has 35 heavy (non-hydrogen) atoms. The predicted octanol–water partition coefficient (Wildman–Crippen LogP) is 1.69. The van der Waals surface area contributed by atoms with Gasteiger partial charge in [0.25, 0.3) is 5.91 Å². The number of hydrogen-bond acceptors (Lipinski definition) is 7. The number of rotatable bonds is 9. The Kier molecular flexibility index (Phi) is 8.04. The lowest BCUT2D eigenvalue weighted by Crippen LogP contribution is -2.49. The smallest absolute Gasteiger partial charge is 0.305 e. The van der Waals surface area contributed by atoms with Crippen molar-refractivity contribution in [2.24, 2.45) is 5.92 Å². The number of hydrogen-bond donors (Lipinski definition) is 2. The van der Waals surface area contributed by atoms with Crippen LogP contribution in [0.2, 0.25) is 0 Å². The molecule has 1 aromatic heterocycles. The maximum Gasteiger partial charge on any atom is 0.305 e. The van der Waals surface area contributed by atoms with Gasteiger partial charge in [-0.25, -0.2) is 8.78 Å². The highest BCUT2D eigenvalue weighted by Gasteiger charge is 2.32. The first kappa shape index (κ1) is 25.6. The van der Waals surface area contributed by atoms with Gasteiger partial charge in [-0.1, -0.05) is 5.16 Å². The van der Waals surface area contributed by atoms with Gasteiger partial charge in [-0.15, -0.1) is 0 Å². The zero-order valence-corrected chi connectivity index (χ0v) is 17.9. The predicted molar refractivity (Wildman–Crippen MR) is 106 cm³/mol. The zero-order chi connectivity index (χ0) is 25.7. The molecule has 14 heteroatoms. The summed E-state index contributed by atoms with van der Waals surface area (Å²) in [4.78, 5) is 49.9. The molecule has 1 aliphatic rings. The van der Waals surface area contributed by atoms with Crippen molar-refractivity contribution in [3.8, 4) is 5.75 Å². The van der Waals surface area contributed by atoms with Gasteiger partial charge in [0.15, 0.2) is 23.2 Å². The molecule has 3 rings (SSSR count). The highest BCUT2D eigenvalue weighted by atomic mass is 19.2. The number of nitrogens with zero attached hydrogens (tertiary/aromatic N) is 2. The van der Waals surface area contributed by atoms with Gasteiger partial charge in [0.05, 0.1) is 12.6 Å². The van der Waals surface area contributed by atoms with Crippen LogP contribution in [0.3, 0.4) is 0 Å². The van der Waals surface area contributed by atoms with Crippen LogP contribution in [-0.4, -0.2) is 64.5 Å². The summed E-state index contributed by atoms with van der Waals surface area (Å²) < 4.78 is 63.4. The summed E-state index contributed by atoms with van der Waals surface area (Å²) in [7, 11) is 0. The number of ether oxygens (including phenoxy) is 1. The van der Waals surface area contributed by atoms with E-state index in [4.69, 9.17) is 9.63 Å². The number of nitrogens with one attached hydrogen (secondary N) is 1. The van der Waals surface area contributed by atoms with Crippen molar-refractivity contribution in [1.29, 1.82) is 0 Å². The molecule has 10 nitrogen and oxygen atoms in total. The van der Waals surface area contributed by atoms with Gasteiger partial charge in [0.2, 0.25) is 23.3 Å². The Balaban J connectivity index is 1.59. The monoisotopic (exact) mass is 501 g/mol. The number of amides is 2. The molecule has 0 unspecified atom stereocenters. The number of aromatic nitrogens is 1. The minimum atomic E-state index is -1.87. The Morgan fingerprint density at radius 1 is 1.14 bits per heavy atom. The van der Waals surface area contributed by atoms with Crippen molar-refractivity contribution >= 4 is 23.6 Å². The van der Waals surface area contributed by atoms with Gasteiger partial charge < -0.3 is 24.6 Å². The van der Waals surface area contributed by atoms with Crippen molar-refractivity contribution in [2.75, 3.05) is 19.7 Å². The van der Waals surface area contributed by atoms with Crippen LogP contribution in [0.15, 0.2) is 22.9 Å². The Morgan fingerprint density at radius 2 is 1.77 bits per heavy atom. The summed E-state index contributed by atoms with van der Waals surface area (Å²) in [5, 5.41) is 14.8. The molecule has 1 saturated heterocycles. The quantitative estimate of drug-likeness (QED) is 0.391. The second-order valence-electron chi connectivity index (χ2n) is 7.65. The topological polar surface area (TPSA) is 139 Å². The van der Waals surface area contributed by atoms with Gasteiger partial charge in [-0.05, 0) is 12.8 Å².